The van der Waals surface area contributed by atoms with Gasteiger partial charge in [-0.1, -0.05) is 32.9 Å². The molecule has 2 aromatic rings. The van der Waals surface area contributed by atoms with Crippen molar-refractivity contribution >= 4 is 5.69 Å². The third-order valence-corrected chi connectivity index (χ3v) is 3.18. The summed E-state index contributed by atoms with van der Waals surface area (Å²) >= 11 is 0. The monoisotopic (exact) mass is 259 g/mol. The fourth-order valence-electron chi connectivity index (χ4n) is 2.01. The Hall–Kier alpha value is -1.97. The van der Waals surface area contributed by atoms with Crippen molar-refractivity contribution in [3.05, 3.63) is 35.5 Å². The Bertz CT molecular complexity index is 573. The van der Waals surface area contributed by atoms with Gasteiger partial charge in [-0.3, -0.25) is 0 Å². The largest absolute Gasteiger partial charge is 0.437 e. The predicted octanol–water partition coefficient (Wildman–Crippen LogP) is 3.48. The van der Waals surface area contributed by atoms with E-state index in [1.807, 2.05) is 32.2 Å². The molecule has 0 amide bonds. The lowest BCUT2D eigenvalue weighted by molar-refractivity contribution is 0.432. The zero-order chi connectivity index (χ0) is 14.0. The zero-order valence-corrected chi connectivity index (χ0v) is 12.0. The number of aromatic nitrogens is 2. The first-order valence-corrected chi connectivity index (χ1v) is 6.62. The van der Waals surface area contributed by atoms with E-state index in [0.717, 1.165) is 17.9 Å². The zero-order valence-electron chi connectivity index (χ0n) is 12.0. The van der Waals surface area contributed by atoms with Crippen LogP contribution in [0.4, 0.5) is 5.69 Å². The van der Waals surface area contributed by atoms with Crippen LogP contribution in [0.15, 0.2) is 24.3 Å². The number of rotatable bonds is 4. The fraction of sp³-hybridized carbons (Fsp3) is 0.400. The van der Waals surface area contributed by atoms with Gasteiger partial charge in [-0.25, -0.2) is 4.68 Å². The van der Waals surface area contributed by atoms with Crippen LogP contribution in [0.2, 0.25) is 0 Å². The Morgan fingerprint density at radius 1 is 1.37 bits per heavy atom. The highest BCUT2D eigenvalue weighted by Gasteiger charge is 2.14. The van der Waals surface area contributed by atoms with Crippen molar-refractivity contribution < 1.29 is 4.74 Å². The van der Waals surface area contributed by atoms with Gasteiger partial charge in [0.15, 0.2) is 0 Å². The first kappa shape index (κ1) is 13.5. The van der Waals surface area contributed by atoms with Crippen LogP contribution in [-0.2, 0) is 13.5 Å². The number of hydrogen-bond donors (Lipinski definition) is 1. The smallest absolute Gasteiger partial charge is 0.241 e. The first-order chi connectivity index (χ1) is 9.02. The van der Waals surface area contributed by atoms with Crippen molar-refractivity contribution in [3.8, 4) is 11.6 Å². The summed E-state index contributed by atoms with van der Waals surface area (Å²) in [6.07, 6.45) is 0.801. The standard InChI is InChI=1S/C15H21N3O/c1-5-13-14(16)15(18(4)17-13)19-12-8-6-7-11(9-12)10(2)3/h6-10H,5,16H2,1-4H3. The lowest BCUT2D eigenvalue weighted by Gasteiger charge is -2.10. The molecule has 0 aliphatic rings. The Labute approximate surface area is 114 Å². The lowest BCUT2D eigenvalue weighted by Crippen LogP contribution is -1.97. The van der Waals surface area contributed by atoms with Crippen LogP contribution in [0.3, 0.4) is 0 Å². The molecule has 0 fully saturated rings. The number of aryl methyl sites for hydroxylation is 2. The molecule has 1 aromatic carbocycles. The van der Waals surface area contributed by atoms with Gasteiger partial charge in [-0.05, 0) is 30.0 Å². The third-order valence-electron chi connectivity index (χ3n) is 3.18. The van der Waals surface area contributed by atoms with E-state index < -0.39 is 0 Å². The maximum atomic E-state index is 6.05. The summed E-state index contributed by atoms with van der Waals surface area (Å²) in [6, 6.07) is 8.08. The van der Waals surface area contributed by atoms with E-state index in [4.69, 9.17) is 10.5 Å². The van der Waals surface area contributed by atoms with E-state index in [2.05, 4.69) is 25.0 Å². The van der Waals surface area contributed by atoms with Crippen LogP contribution < -0.4 is 10.5 Å². The normalized spacial score (nSPS) is 11.0. The molecule has 0 saturated carbocycles. The van der Waals surface area contributed by atoms with Crippen LogP contribution in [0.25, 0.3) is 0 Å². The van der Waals surface area contributed by atoms with Crippen LogP contribution >= 0.6 is 0 Å². The minimum absolute atomic E-state index is 0.471. The van der Waals surface area contributed by atoms with Gasteiger partial charge in [0, 0.05) is 7.05 Å². The summed E-state index contributed by atoms with van der Waals surface area (Å²) in [5.74, 6) is 1.87. The van der Waals surface area contributed by atoms with Crippen LogP contribution in [0.5, 0.6) is 11.6 Å². The Balaban J connectivity index is 2.31. The maximum absolute atomic E-state index is 6.05. The molecule has 0 saturated heterocycles. The van der Waals surface area contributed by atoms with Gasteiger partial charge in [-0.2, -0.15) is 5.10 Å². The topological polar surface area (TPSA) is 53.1 Å². The molecule has 19 heavy (non-hydrogen) atoms. The number of benzene rings is 1. The molecule has 1 heterocycles. The van der Waals surface area contributed by atoms with Gasteiger partial charge in [-0.15, -0.1) is 0 Å². The lowest BCUT2D eigenvalue weighted by atomic mass is 10.0. The molecular formula is C15H21N3O. The number of nitrogens with zero attached hydrogens (tertiary/aromatic N) is 2. The van der Waals surface area contributed by atoms with Crippen molar-refractivity contribution in [2.75, 3.05) is 5.73 Å². The number of hydrogen-bond acceptors (Lipinski definition) is 3. The van der Waals surface area contributed by atoms with Gasteiger partial charge in [0.1, 0.15) is 11.4 Å². The second-order valence-electron chi connectivity index (χ2n) is 4.97. The van der Waals surface area contributed by atoms with Crippen LogP contribution in [0, 0.1) is 0 Å². The van der Waals surface area contributed by atoms with E-state index in [-0.39, 0.29) is 0 Å². The molecule has 2 N–H and O–H groups in total. The van der Waals surface area contributed by atoms with Crippen molar-refractivity contribution in [1.29, 1.82) is 0 Å². The highest BCUT2D eigenvalue weighted by atomic mass is 16.5. The number of nitrogen functional groups attached to an aromatic ring is 1. The third kappa shape index (κ3) is 2.72. The average Bonchev–Trinajstić information content (AvgIpc) is 2.66. The Morgan fingerprint density at radius 3 is 2.68 bits per heavy atom. The van der Waals surface area contributed by atoms with E-state index in [1.54, 1.807) is 4.68 Å². The second-order valence-corrected chi connectivity index (χ2v) is 4.97. The summed E-state index contributed by atoms with van der Waals surface area (Å²) < 4.78 is 7.58. The molecule has 0 spiro atoms. The summed E-state index contributed by atoms with van der Waals surface area (Å²) in [5.41, 5.74) is 8.79. The van der Waals surface area contributed by atoms with E-state index in [9.17, 15) is 0 Å². The molecule has 0 atom stereocenters. The molecule has 1 aromatic heterocycles. The maximum Gasteiger partial charge on any atom is 0.241 e. The summed E-state index contributed by atoms with van der Waals surface area (Å²) in [4.78, 5) is 0. The highest BCUT2D eigenvalue weighted by Crippen LogP contribution is 2.31. The van der Waals surface area contributed by atoms with Crippen molar-refractivity contribution in [1.82, 2.24) is 9.78 Å². The van der Waals surface area contributed by atoms with Crippen molar-refractivity contribution in [3.63, 3.8) is 0 Å². The van der Waals surface area contributed by atoms with E-state index >= 15 is 0 Å². The molecule has 2 rings (SSSR count). The molecule has 0 aliphatic heterocycles. The predicted molar refractivity (Wildman–Crippen MR) is 77.6 cm³/mol. The molecule has 0 unspecified atom stereocenters. The minimum atomic E-state index is 0.471. The second kappa shape index (κ2) is 5.34. The van der Waals surface area contributed by atoms with Gasteiger partial charge < -0.3 is 10.5 Å². The Morgan fingerprint density at radius 2 is 2.11 bits per heavy atom. The first-order valence-electron chi connectivity index (χ1n) is 6.62. The summed E-state index contributed by atoms with van der Waals surface area (Å²) in [7, 11) is 1.84. The van der Waals surface area contributed by atoms with E-state index in [0.29, 0.717) is 17.5 Å². The van der Waals surface area contributed by atoms with Crippen molar-refractivity contribution in [2.24, 2.45) is 7.05 Å². The van der Waals surface area contributed by atoms with Gasteiger partial charge in [0.25, 0.3) is 0 Å². The van der Waals surface area contributed by atoms with Crippen LogP contribution in [0.1, 0.15) is 37.9 Å². The molecule has 0 bridgehead atoms. The van der Waals surface area contributed by atoms with E-state index in [1.165, 1.54) is 5.56 Å². The molecule has 4 nitrogen and oxygen atoms in total. The molecule has 0 radical (unpaired) electrons. The van der Waals surface area contributed by atoms with Gasteiger partial charge in [0.05, 0.1) is 5.69 Å². The number of anilines is 1. The van der Waals surface area contributed by atoms with Crippen molar-refractivity contribution in [2.45, 2.75) is 33.1 Å². The number of nitrogens with two attached hydrogens (primary N) is 1. The summed E-state index contributed by atoms with van der Waals surface area (Å²) in [5, 5.41) is 4.35. The summed E-state index contributed by atoms with van der Waals surface area (Å²) in [6.45, 7) is 6.35. The van der Waals surface area contributed by atoms with Crippen LogP contribution in [-0.4, -0.2) is 9.78 Å². The van der Waals surface area contributed by atoms with Gasteiger partial charge in [0.2, 0.25) is 5.88 Å². The Kier molecular flexibility index (Phi) is 3.79. The number of ether oxygens (including phenoxy) is 1. The average molecular weight is 259 g/mol. The highest BCUT2D eigenvalue weighted by molar-refractivity contribution is 5.54. The molecule has 0 aliphatic carbocycles. The minimum Gasteiger partial charge on any atom is -0.437 e. The molecule has 4 heteroatoms. The molecular weight excluding hydrogens is 238 g/mol. The van der Waals surface area contributed by atoms with Gasteiger partial charge >= 0.3 is 0 Å². The quantitative estimate of drug-likeness (QED) is 0.914. The SMILES string of the molecule is CCc1nn(C)c(Oc2cccc(C(C)C)c2)c1N. The molecule has 102 valence electrons. The fourth-order valence-corrected chi connectivity index (χ4v) is 2.01.